The van der Waals surface area contributed by atoms with E-state index in [-0.39, 0.29) is 17.9 Å². The first kappa shape index (κ1) is 18.5. The number of carbonyl (C=O) groups is 2. The van der Waals surface area contributed by atoms with E-state index in [1.807, 2.05) is 35.2 Å². The molecule has 0 aromatic heterocycles. The summed E-state index contributed by atoms with van der Waals surface area (Å²) in [6.45, 7) is 5.83. The summed E-state index contributed by atoms with van der Waals surface area (Å²) in [6.07, 6.45) is 5.17. The van der Waals surface area contributed by atoms with Crippen LogP contribution in [-0.4, -0.2) is 35.8 Å². The molecule has 0 unspecified atom stereocenters. The van der Waals surface area contributed by atoms with Crippen LogP contribution in [0.4, 0.5) is 0 Å². The standard InChI is InChI=1S/C20H30N2O2/c1-16(2)15-18(20(24)22-13-7-4-8-14-22)21-19(23)12-11-17-9-5-3-6-10-17/h3,5-6,9-10,16,18H,4,7-8,11-15H2,1-2H3,(H,21,23)/t18-/m1/s1. The molecular weight excluding hydrogens is 300 g/mol. The van der Waals surface area contributed by atoms with Crippen molar-refractivity contribution in [3.63, 3.8) is 0 Å². The van der Waals surface area contributed by atoms with Crippen LogP contribution >= 0.6 is 0 Å². The van der Waals surface area contributed by atoms with E-state index >= 15 is 0 Å². The Morgan fingerprint density at radius 1 is 1.08 bits per heavy atom. The van der Waals surface area contributed by atoms with Gasteiger partial charge in [0.15, 0.2) is 0 Å². The highest BCUT2D eigenvalue weighted by atomic mass is 16.2. The van der Waals surface area contributed by atoms with Gasteiger partial charge in [-0.1, -0.05) is 44.2 Å². The van der Waals surface area contributed by atoms with Gasteiger partial charge in [-0.05, 0) is 43.6 Å². The van der Waals surface area contributed by atoms with Gasteiger partial charge in [-0.2, -0.15) is 0 Å². The lowest BCUT2D eigenvalue weighted by Crippen LogP contribution is -2.50. The SMILES string of the molecule is CC(C)C[C@@H](NC(=O)CCc1ccccc1)C(=O)N1CCCCC1. The molecule has 1 heterocycles. The number of nitrogens with one attached hydrogen (secondary N) is 1. The number of likely N-dealkylation sites (tertiary alicyclic amines) is 1. The summed E-state index contributed by atoms with van der Waals surface area (Å²) >= 11 is 0. The first-order valence-electron chi connectivity index (χ1n) is 9.18. The van der Waals surface area contributed by atoms with Crippen LogP contribution < -0.4 is 5.32 Å². The maximum Gasteiger partial charge on any atom is 0.245 e. The lowest BCUT2D eigenvalue weighted by atomic mass is 10.0. The van der Waals surface area contributed by atoms with Gasteiger partial charge in [0.05, 0.1) is 0 Å². The van der Waals surface area contributed by atoms with E-state index in [9.17, 15) is 9.59 Å². The Morgan fingerprint density at radius 2 is 1.75 bits per heavy atom. The number of piperidine rings is 1. The molecule has 1 aromatic carbocycles. The zero-order chi connectivity index (χ0) is 17.4. The summed E-state index contributed by atoms with van der Waals surface area (Å²) in [5, 5.41) is 2.99. The fourth-order valence-electron chi connectivity index (χ4n) is 3.20. The molecule has 4 nitrogen and oxygen atoms in total. The third-order valence-electron chi connectivity index (χ3n) is 4.49. The number of nitrogens with zero attached hydrogens (tertiary/aromatic N) is 1. The van der Waals surface area contributed by atoms with E-state index in [1.54, 1.807) is 0 Å². The minimum Gasteiger partial charge on any atom is -0.344 e. The minimum absolute atomic E-state index is 0.0325. The Hall–Kier alpha value is -1.84. The largest absolute Gasteiger partial charge is 0.344 e. The molecule has 1 fully saturated rings. The first-order valence-corrected chi connectivity index (χ1v) is 9.18. The number of carbonyl (C=O) groups excluding carboxylic acids is 2. The van der Waals surface area contributed by atoms with E-state index in [0.29, 0.717) is 25.2 Å². The molecule has 1 aliphatic heterocycles. The molecule has 0 aliphatic carbocycles. The fraction of sp³-hybridized carbons (Fsp3) is 0.600. The van der Waals surface area contributed by atoms with Crippen LogP contribution in [0, 0.1) is 5.92 Å². The molecular formula is C20H30N2O2. The van der Waals surface area contributed by atoms with Crippen LogP contribution in [0.1, 0.15) is 51.5 Å². The molecule has 0 radical (unpaired) electrons. The predicted molar refractivity (Wildman–Crippen MR) is 96.6 cm³/mol. The second-order valence-electron chi connectivity index (χ2n) is 7.12. The number of rotatable bonds is 7. The first-order chi connectivity index (χ1) is 11.6. The molecule has 24 heavy (non-hydrogen) atoms. The van der Waals surface area contributed by atoms with Gasteiger partial charge >= 0.3 is 0 Å². The summed E-state index contributed by atoms with van der Waals surface area (Å²) in [7, 11) is 0. The van der Waals surface area contributed by atoms with Crippen molar-refractivity contribution >= 4 is 11.8 Å². The van der Waals surface area contributed by atoms with E-state index in [2.05, 4.69) is 19.2 Å². The van der Waals surface area contributed by atoms with E-state index in [1.165, 1.54) is 6.42 Å². The molecule has 1 saturated heterocycles. The molecule has 2 amide bonds. The Kier molecular flexibility index (Phi) is 7.29. The highest BCUT2D eigenvalue weighted by molar-refractivity contribution is 5.87. The second kappa shape index (κ2) is 9.45. The van der Waals surface area contributed by atoms with Crippen molar-refractivity contribution < 1.29 is 9.59 Å². The normalized spacial score (nSPS) is 16.0. The average molecular weight is 330 g/mol. The molecule has 1 aliphatic rings. The molecule has 1 atom stereocenters. The molecule has 2 rings (SSSR count). The van der Waals surface area contributed by atoms with Gasteiger partial charge in [-0.3, -0.25) is 9.59 Å². The van der Waals surface area contributed by atoms with Crippen LogP contribution in [0.5, 0.6) is 0 Å². The van der Waals surface area contributed by atoms with Crippen molar-refractivity contribution in [2.45, 2.75) is 58.4 Å². The Labute approximate surface area is 145 Å². The monoisotopic (exact) mass is 330 g/mol. The minimum atomic E-state index is -0.383. The Balaban J connectivity index is 1.89. The third kappa shape index (κ3) is 5.99. The van der Waals surface area contributed by atoms with Gasteiger partial charge in [0.25, 0.3) is 0 Å². The van der Waals surface area contributed by atoms with Crippen molar-refractivity contribution in [2.24, 2.45) is 5.92 Å². The van der Waals surface area contributed by atoms with Crippen molar-refractivity contribution in [1.82, 2.24) is 10.2 Å². The van der Waals surface area contributed by atoms with E-state index in [4.69, 9.17) is 0 Å². The zero-order valence-corrected chi connectivity index (χ0v) is 15.0. The smallest absolute Gasteiger partial charge is 0.245 e. The van der Waals surface area contributed by atoms with Crippen molar-refractivity contribution in [1.29, 1.82) is 0 Å². The third-order valence-corrected chi connectivity index (χ3v) is 4.49. The molecule has 1 N–H and O–H groups in total. The second-order valence-corrected chi connectivity index (χ2v) is 7.12. The Morgan fingerprint density at radius 3 is 2.38 bits per heavy atom. The lowest BCUT2D eigenvalue weighted by Gasteiger charge is -2.31. The van der Waals surface area contributed by atoms with Gasteiger partial charge in [-0.25, -0.2) is 0 Å². The summed E-state index contributed by atoms with van der Waals surface area (Å²) in [5.74, 6) is 0.435. The van der Waals surface area contributed by atoms with Crippen molar-refractivity contribution in [3.8, 4) is 0 Å². The van der Waals surface area contributed by atoms with Crippen LogP contribution in [0.25, 0.3) is 0 Å². The predicted octanol–water partition coefficient (Wildman–Crippen LogP) is 3.16. The Bertz CT molecular complexity index is 522. The fourth-order valence-corrected chi connectivity index (χ4v) is 3.20. The summed E-state index contributed by atoms with van der Waals surface area (Å²) < 4.78 is 0. The topological polar surface area (TPSA) is 49.4 Å². The van der Waals surface area contributed by atoms with Crippen molar-refractivity contribution in [2.75, 3.05) is 13.1 Å². The van der Waals surface area contributed by atoms with E-state index < -0.39 is 0 Å². The molecule has 0 bridgehead atoms. The summed E-state index contributed by atoms with van der Waals surface area (Å²) in [4.78, 5) is 27.0. The average Bonchev–Trinajstić information content (AvgIpc) is 2.60. The van der Waals surface area contributed by atoms with Gasteiger partial charge < -0.3 is 10.2 Å². The van der Waals surface area contributed by atoms with E-state index in [0.717, 1.165) is 31.5 Å². The molecule has 0 saturated carbocycles. The molecule has 0 spiro atoms. The summed E-state index contributed by atoms with van der Waals surface area (Å²) in [5.41, 5.74) is 1.15. The highest BCUT2D eigenvalue weighted by Gasteiger charge is 2.27. The van der Waals surface area contributed by atoms with Gasteiger partial charge in [0.1, 0.15) is 6.04 Å². The lowest BCUT2D eigenvalue weighted by molar-refractivity contribution is -0.137. The number of aryl methyl sites for hydroxylation is 1. The number of hydrogen-bond donors (Lipinski definition) is 1. The van der Waals surface area contributed by atoms with Gasteiger partial charge in [0, 0.05) is 19.5 Å². The maximum absolute atomic E-state index is 12.8. The van der Waals surface area contributed by atoms with Crippen LogP contribution in [0.15, 0.2) is 30.3 Å². The maximum atomic E-state index is 12.8. The van der Waals surface area contributed by atoms with Crippen LogP contribution in [0.2, 0.25) is 0 Å². The van der Waals surface area contributed by atoms with Crippen LogP contribution in [-0.2, 0) is 16.0 Å². The molecule has 1 aromatic rings. The van der Waals surface area contributed by atoms with Gasteiger partial charge in [0.2, 0.25) is 11.8 Å². The van der Waals surface area contributed by atoms with Gasteiger partial charge in [-0.15, -0.1) is 0 Å². The van der Waals surface area contributed by atoms with Crippen molar-refractivity contribution in [3.05, 3.63) is 35.9 Å². The summed E-state index contributed by atoms with van der Waals surface area (Å²) in [6, 6.07) is 9.60. The number of hydrogen-bond acceptors (Lipinski definition) is 2. The zero-order valence-electron chi connectivity index (χ0n) is 15.0. The number of amides is 2. The quantitative estimate of drug-likeness (QED) is 0.835. The highest BCUT2D eigenvalue weighted by Crippen LogP contribution is 2.14. The number of benzene rings is 1. The molecule has 4 heteroatoms. The van der Waals surface area contributed by atoms with Crippen LogP contribution in [0.3, 0.4) is 0 Å². The molecule has 132 valence electrons.